The second-order valence-electron chi connectivity index (χ2n) is 7.98. The van der Waals surface area contributed by atoms with E-state index in [0.29, 0.717) is 33.7 Å². The lowest BCUT2D eigenvalue weighted by molar-refractivity contribution is 0.0526. The van der Waals surface area contributed by atoms with Crippen LogP contribution in [-0.2, 0) is 24.0 Å². The molecule has 1 atom stereocenters. The van der Waals surface area contributed by atoms with Crippen LogP contribution in [0.2, 0.25) is 0 Å². The number of nitrogens with one attached hydrogen (secondary N) is 1. The molecule has 31 heavy (non-hydrogen) atoms. The molecule has 0 aliphatic heterocycles. The van der Waals surface area contributed by atoms with E-state index in [9.17, 15) is 9.59 Å². The fourth-order valence-corrected chi connectivity index (χ4v) is 6.42. The molecule has 0 bridgehead atoms. The Balaban J connectivity index is 1.68. The number of hydrogen-bond acceptors (Lipinski definition) is 7. The Bertz CT molecular complexity index is 1150. The van der Waals surface area contributed by atoms with Gasteiger partial charge in [0.05, 0.1) is 17.9 Å². The summed E-state index contributed by atoms with van der Waals surface area (Å²) >= 11 is 2.77. The van der Waals surface area contributed by atoms with Gasteiger partial charge in [-0.15, -0.1) is 22.7 Å². The van der Waals surface area contributed by atoms with Crippen LogP contribution >= 0.6 is 22.7 Å². The van der Waals surface area contributed by atoms with Gasteiger partial charge in [0.15, 0.2) is 0 Å². The minimum absolute atomic E-state index is 0.294. The molecule has 0 saturated heterocycles. The highest BCUT2D eigenvalue weighted by molar-refractivity contribution is 7.21. The first-order valence-electron chi connectivity index (χ1n) is 10.7. The van der Waals surface area contributed by atoms with Gasteiger partial charge in [-0.05, 0) is 56.2 Å². The highest BCUT2D eigenvalue weighted by atomic mass is 32.1. The molecule has 8 heteroatoms. The maximum atomic E-state index is 13.2. The fourth-order valence-electron chi connectivity index (χ4n) is 4.02. The molecule has 0 fully saturated rings. The smallest absolute Gasteiger partial charge is 0.341 e. The minimum Gasteiger partial charge on any atom is -0.462 e. The number of carbonyl (C=O) groups is 2. The van der Waals surface area contributed by atoms with Gasteiger partial charge in [-0.3, -0.25) is 4.79 Å². The second-order valence-corrected chi connectivity index (χ2v) is 10.1. The standard InChI is InChI=1S/C23H27N3O3S2/c1-4-6-13-8-10-15-18(24)19(31-21(15)25-13)20(27)26-22-17(23(28)29-5-2)14-9-7-12(3)11-16(14)30-22/h8,10,12H,4-7,9,11,24H2,1-3H3,(H,26,27). The van der Waals surface area contributed by atoms with E-state index in [2.05, 4.69) is 24.1 Å². The van der Waals surface area contributed by atoms with E-state index < -0.39 is 0 Å². The van der Waals surface area contributed by atoms with Gasteiger partial charge in [0.2, 0.25) is 0 Å². The number of rotatable bonds is 6. The van der Waals surface area contributed by atoms with E-state index in [0.717, 1.165) is 58.5 Å². The zero-order valence-corrected chi connectivity index (χ0v) is 19.7. The van der Waals surface area contributed by atoms with Crippen molar-refractivity contribution in [2.75, 3.05) is 17.7 Å². The molecule has 4 rings (SSSR count). The summed E-state index contributed by atoms with van der Waals surface area (Å²) in [5.41, 5.74) is 9.25. The molecule has 164 valence electrons. The maximum Gasteiger partial charge on any atom is 0.341 e. The lowest BCUT2D eigenvalue weighted by Crippen LogP contribution is -2.16. The Morgan fingerprint density at radius 2 is 2.10 bits per heavy atom. The highest BCUT2D eigenvalue weighted by Crippen LogP contribution is 2.41. The molecule has 1 unspecified atom stereocenters. The Morgan fingerprint density at radius 3 is 2.84 bits per heavy atom. The number of aryl methyl sites for hydroxylation is 1. The summed E-state index contributed by atoms with van der Waals surface area (Å²) in [6, 6.07) is 3.90. The van der Waals surface area contributed by atoms with Crippen LogP contribution < -0.4 is 11.1 Å². The van der Waals surface area contributed by atoms with E-state index in [1.54, 1.807) is 6.92 Å². The highest BCUT2D eigenvalue weighted by Gasteiger charge is 2.30. The lowest BCUT2D eigenvalue weighted by atomic mass is 9.88. The van der Waals surface area contributed by atoms with Crippen LogP contribution in [0.15, 0.2) is 12.1 Å². The predicted octanol–water partition coefficient (Wildman–Crippen LogP) is 5.45. The van der Waals surface area contributed by atoms with Crippen molar-refractivity contribution in [3.8, 4) is 0 Å². The summed E-state index contributed by atoms with van der Waals surface area (Å²) in [6.45, 7) is 6.40. The third kappa shape index (κ3) is 4.19. The van der Waals surface area contributed by atoms with E-state index >= 15 is 0 Å². The quantitative estimate of drug-likeness (QED) is 0.480. The molecule has 1 amide bonds. The number of ether oxygens (including phenoxy) is 1. The third-order valence-electron chi connectivity index (χ3n) is 5.58. The average Bonchev–Trinajstić information content (AvgIpc) is 3.25. The molecule has 6 nitrogen and oxygen atoms in total. The lowest BCUT2D eigenvalue weighted by Gasteiger charge is -2.18. The molecule has 1 aliphatic carbocycles. The molecular formula is C23H27N3O3S2. The number of nitrogens with two attached hydrogens (primary N) is 1. The number of nitrogens with zero attached hydrogens (tertiary/aromatic N) is 1. The van der Waals surface area contributed by atoms with Crippen molar-refractivity contribution < 1.29 is 14.3 Å². The number of thiophene rings is 2. The number of aromatic nitrogens is 1. The first kappa shape index (κ1) is 21.8. The Hall–Kier alpha value is -2.45. The molecule has 3 aromatic heterocycles. The van der Waals surface area contributed by atoms with E-state index in [1.807, 2.05) is 12.1 Å². The monoisotopic (exact) mass is 457 g/mol. The number of fused-ring (bicyclic) bond motifs is 2. The van der Waals surface area contributed by atoms with Crippen LogP contribution in [0, 0.1) is 5.92 Å². The Kier molecular flexibility index (Phi) is 6.29. The Morgan fingerprint density at radius 1 is 1.29 bits per heavy atom. The Labute approximate surface area is 189 Å². The summed E-state index contributed by atoms with van der Waals surface area (Å²) in [7, 11) is 0. The van der Waals surface area contributed by atoms with Gasteiger partial charge < -0.3 is 15.8 Å². The number of pyridine rings is 1. The summed E-state index contributed by atoms with van der Waals surface area (Å²) in [4.78, 5) is 32.9. The number of carbonyl (C=O) groups excluding carboxylic acids is 2. The molecule has 3 N–H and O–H groups in total. The van der Waals surface area contributed by atoms with Crippen molar-refractivity contribution in [2.24, 2.45) is 5.92 Å². The molecule has 0 spiro atoms. The van der Waals surface area contributed by atoms with Gasteiger partial charge in [0, 0.05) is 16.0 Å². The second kappa shape index (κ2) is 8.96. The van der Waals surface area contributed by atoms with Gasteiger partial charge in [-0.2, -0.15) is 0 Å². The average molecular weight is 458 g/mol. The number of esters is 1. The topological polar surface area (TPSA) is 94.3 Å². The zero-order valence-electron chi connectivity index (χ0n) is 18.0. The summed E-state index contributed by atoms with van der Waals surface area (Å²) < 4.78 is 5.30. The van der Waals surface area contributed by atoms with Crippen LogP contribution in [0.1, 0.15) is 69.8 Å². The maximum absolute atomic E-state index is 13.2. The number of amides is 1. The largest absolute Gasteiger partial charge is 0.462 e. The van der Waals surface area contributed by atoms with Gasteiger partial charge in [-0.25, -0.2) is 9.78 Å². The molecule has 0 aromatic carbocycles. The number of anilines is 2. The van der Waals surface area contributed by atoms with Crippen LogP contribution in [0.3, 0.4) is 0 Å². The minimum atomic E-state index is -0.375. The molecule has 0 radical (unpaired) electrons. The van der Waals surface area contributed by atoms with Crippen molar-refractivity contribution in [1.82, 2.24) is 4.98 Å². The van der Waals surface area contributed by atoms with Crippen molar-refractivity contribution in [3.05, 3.63) is 38.7 Å². The van der Waals surface area contributed by atoms with Crippen molar-refractivity contribution in [1.29, 1.82) is 0 Å². The summed E-state index contributed by atoms with van der Waals surface area (Å²) in [5.74, 6) is -0.124. The van der Waals surface area contributed by atoms with E-state index in [1.165, 1.54) is 22.7 Å². The van der Waals surface area contributed by atoms with Gasteiger partial charge in [0.25, 0.3) is 5.91 Å². The number of nitrogen functional groups attached to an aromatic ring is 1. The molecule has 0 saturated carbocycles. The van der Waals surface area contributed by atoms with Crippen LogP contribution in [-0.4, -0.2) is 23.5 Å². The van der Waals surface area contributed by atoms with Gasteiger partial charge in [0.1, 0.15) is 14.7 Å². The SMILES string of the molecule is CCCc1ccc2c(N)c(C(=O)Nc3sc4c(c3C(=O)OCC)CCC(C)C4)sc2n1. The van der Waals surface area contributed by atoms with Crippen LogP contribution in [0.25, 0.3) is 10.2 Å². The van der Waals surface area contributed by atoms with Crippen molar-refractivity contribution in [3.63, 3.8) is 0 Å². The van der Waals surface area contributed by atoms with Crippen LogP contribution in [0.5, 0.6) is 0 Å². The van der Waals surface area contributed by atoms with Gasteiger partial charge in [-0.1, -0.05) is 20.3 Å². The first-order chi connectivity index (χ1) is 14.9. The van der Waals surface area contributed by atoms with E-state index in [4.69, 9.17) is 10.5 Å². The first-order valence-corrected chi connectivity index (χ1v) is 12.4. The predicted molar refractivity (Wildman–Crippen MR) is 127 cm³/mol. The van der Waals surface area contributed by atoms with Gasteiger partial charge >= 0.3 is 5.97 Å². The molecule has 1 aliphatic rings. The van der Waals surface area contributed by atoms with Crippen molar-refractivity contribution in [2.45, 2.75) is 52.9 Å². The molecular weight excluding hydrogens is 430 g/mol. The fraction of sp³-hybridized carbons (Fsp3) is 0.435. The van der Waals surface area contributed by atoms with E-state index in [-0.39, 0.29) is 11.9 Å². The third-order valence-corrected chi connectivity index (χ3v) is 7.87. The summed E-state index contributed by atoms with van der Waals surface area (Å²) in [6.07, 6.45) is 4.66. The normalized spacial score (nSPS) is 15.6. The zero-order chi connectivity index (χ0) is 22.1. The van der Waals surface area contributed by atoms with Crippen molar-refractivity contribution >= 4 is 55.5 Å². The van der Waals surface area contributed by atoms with Crippen LogP contribution in [0.4, 0.5) is 10.7 Å². The molecule has 3 heterocycles. The molecule has 3 aromatic rings. The number of hydrogen-bond donors (Lipinski definition) is 2. The summed E-state index contributed by atoms with van der Waals surface area (Å²) in [5, 5.41) is 4.31.